The Morgan fingerprint density at radius 2 is 1.78 bits per heavy atom. The molecule has 0 spiro atoms. The van der Waals surface area contributed by atoms with Gasteiger partial charge >= 0.3 is 0 Å². The van der Waals surface area contributed by atoms with Gasteiger partial charge in [0.2, 0.25) is 5.91 Å². The maximum atomic E-state index is 11.6. The molecular formula is C15H22ClNO. The van der Waals surface area contributed by atoms with Gasteiger partial charge in [-0.3, -0.25) is 4.79 Å². The Morgan fingerprint density at radius 3 is 2.44 bits per heavy atom. The molecule has 0 aliphatic carbocycles. The van der Waals surface area contributed by atoms with Crippen LogP contribution in [-0.4, -0.2) is 5.91 Å². The number of hydrogen-bond donors (Lipinski definition) is 1. The molecule has 0 fully saturated rings. The Balaban J connectivity index is 2.11. The Labute approximate surface area is 115 Å². The second-order valence-electron chi connectivity index (χ2n) is 4.57. The summed E-state index contributed by atoms with van der Waals surface area (Å²) >= 11 is 5.80. The van der Waals surface area contributed by atoms with Crippen molar-refractivity contribution in [2.75, 3.05) is 0 Å². The molecule has 1 aromatic carbocycles. The first-order valence-corrected chi connectivity index (χ1v) is 7.11. The molecule has 1 amide bonds. The maximum Gasteiger partial charge on any atom is 0.220 e. The molecule has 0 unspecified atom stereocenters. The van der Waals surface area contributed by atoms with Crippen molar-refractivity contribution in [2.45, 2.75) is 52.0 Å². The van der Waals surface area contributed by atoms with Gasteiger partial charge in [-0.2, -0.15) is 0 Å². The highest BCUT2D eigenvalue weighted by Crippen LogP contribution is 2.09. The molecule has 0 saturated carbocycles. The Kier molecular flexibility index (Phi) is 7.51. The smallest absolute Gasteiger partial charge is 0.220 e. The van der Waals surface area contributed by atoms with Crippen LogP contribution in [0.25, 0.3) is 0 Å². The normalized spacial score (nSPS) is 10.3. The molecule has 0 saturated heterocycles. The highest BCUT2D eigenvalue weighted by Gasteiger charge is 2.01. The molecule has 0 aromatic heterocycles. The number of halogens is 1. The number of amides is 1. The summed E-state index contributed by atoms with van der Waals surface area (Å²) < 4.78 is 0. The second kappa shape index (κ2) is 8.98. The molecule has 1 aromatic rings. The van der Waals surface area contributed by atoms with Gasteiger partial charge in [0.25, 0.3) is 0 Å². The topological polar surface area (TPSA) is 29.1 Å². The van der Waals surface area contributed by atoms with Crippen LogP contribution in [0.2, 0.25) is 5.02 Å². The first-order valence-electron chi connectivity index (χ1n) is 6.73. The molecule has 0 radical (unpaired) electrons. The summed E-state index contributed by atoms with van der Waals surface area (Å²) in [4.78, 5) is 11.6. The number of hydrogen-bond acceptors (Lipinski definition) is 1. The van der Waals surface area contributed by atoms with E-state index in [0.717, 1.165) is 23.4 Å². The summed E-state index contributed by atoms with van der Waals surface area (Å²) in [6.07, 6.45) is 6.53. The van der Waals surface area contributed by atoms with E-state index in [1.807, 2.05) is 24.3 Å². The summed E-state index contributed by atoms with van der Waals surface area (Å²) in [7, 11) is 0. The predicted molar refractivity (Wildman–Crippen MR) is 76.7 cm³/mol. The first kappa shape index (κ1) is 15.0. The third-order valence-corrected chi connectivity index (χ3v) is 3.16. The average molecular weight is 268 g/mol. The molecule has 18 heavy (non-hydrogen) atoms. The van der Waals surface area contributed by atoms with Crippen LogP contribution in [0.1, 0.15) is 51.0 Å². The molecule has 2 nitrogen and oxygen atoms in total. The van der Waals surface area contributed by atoms with E-state index in [1.54, 1.807) is 0 Å². The van der Waals surface area contributed by atoms with Crippen molar-refractivity contribution >= 4 is 17.5 Å². The van der Waals surface area contributed by atoms with E-state index in [2.05, 4.69) is 12.2 Å². The van der Waals surface area contributed by atoms with Gasteiger partial charge in [-0.25, -0.2) is 0 Å². The molecule has 0 atom stereocenters. The van der Waals surface area contributed by atoms with Crippen LogP contribution >= 0.6 is 11.6 Å². The zero-order valence-electron chi connectivity index (χ0n) is 11.0. The van der Waals surface area contributed by atoms with Crippen LogP contribution in [0, 0.1) is 0 Å². The van der Waals surface area contributed by atoms with Crippen LogP contribution in [0.3, 0.4) is 0 Å². The van der Waals surface area contributed by atoms with E-state index in [-0.39, 0.29) is 5.91 Å². The summed E-state index contributed by atoms with van der Waals surface area (Å²) in [5.74, 6) is 0.140. The van der Waals surface area contributed by atoms with Crippen LogP contribution < -0.4 is 5.32 Å². The molecule has 0 aliphatic rings. The Bertz CT molecular complexity index is 348. The molecule has 1 rings (SSSR count). The Hall–Kier alpha value is -1.02. The van der Waals surface area contributed by atoms with E-state index in [4.69, 9.17) is 11.6 Å². The van der Waals surface area contributed by atoms with Gasteiger partial charge in [0.1, 0.15) is 0 Å². The zero-order valence-corrected chi connectivity index (χ0v) is 11.8. The number of nitrogens with one attached hydrogen (secondary N) is 1. The summed E-state index contributed by atoms with van der Waals surface area (Å²) in [5, 5.41) is 3.65. The Morgan fingerprint density at radius 1 is 1.11 bits per heavy atom. The van der Waals surface area contributed by atoms with Crippen LogP contribution in [0.5, 0.6) is 0 Å². The van der Waals surface area contributed by atoms with Gasteiger partial charge in [0, 0.05) is 18.0 Å². The molecule has 0 heterocycles. The van der Waals surface area contributed by atoms with Gasteiger partial charge in [-0.1, -0.05) is 56.3 Å². The van der Waals surface area contributed by atoms with Crippen molar-refractivity contribution in [3.8, 4) is 0 Å². The molecular weight excluding hydrogens is 246 g/mol. The summed E-state index contributed by atoms with van der Waals surface area (Å²) in [6, 6.07) is 7.55. The summed E-state index contributed by atoms with van der Waals surface area (Å²) in [5.41, 5.74) is 1.08. The second-order valence-corrected chi connectivity index (χ2v) is 5.00. The zero-order chi connectivity index (χ0) is 13.2. The maximum absolute atomic E-state index is 11.6. The van der Waals surface area contributed by atoms with Crippen molar-refractivity contribution < 1.29 is 4.79 Å². The molecule has 0 aliphatic heterocycles. The fraction of sp³-hybridized carbons (Fsp3) is 0.533. The third kappa shape index (κ3) is 6.65. The average Bonchev–Trinajstić information content (AvgIpc) is 2.38. The van der Waals surface area contributed by atoms with E-state index >= 15 is 0 Å². The van der Waals surface area contributed by atoms with Crippen molar-refractivity contribution in [1.29, 1.82) is 0 Å². The lowest BCUT2D eigenvalue weighted by molar-refractivity contribution is -0.121. The molecule has 100 valence electrons. The quantitative estimate of drug-likeness (QED) is 0.699. The lowest BCUT2D eigenvalue weighted by Gasteiger charge is -2.05. The fourth-order valence-corrected chi connectivity index (χ4v) is 1.91. The number of carbonyl (C=O) groups is 1. The highest BCUT2D eigenvalue weighted by molar-refractivity contribution is 6.30. The van der Waals surface area contributed by atoms with E-state index in [1.165, 1.54) is 19.3 Å². The first-order chi connectivity index (χ1) is 8.72. The fourth-order valence-electron chi connectivity index (χ4n) is 1.78. The largest absolute Gasteiger partial charge is 0.352 e. The molecule has 0 bridgehead atoms. The van der Waals surface area contributed by atoms with Gasteiger partial charge < -0.3 is 5.32 Å². The minimum Gasteiger partial charge on any atom is -0.352 e. The predicted octanol–water partition coefficient (Wildman–Crippen LogP) is 4.32. The number of carbonyl (C=O) groups excluding carboxylic acids is 1. The van der Waals surface area contributed by atoms with Crippen LogP contribution in [0.4, 0.5) is 0 Å². The van der Waals surface area contributed by atoms with Crippen LogP contribution in [-0.2, 0) is 11.3 Å². The SMILES string of the molecule is CCCCCCCC(=O)NCc1ccc(Cl)cc1. The van der Waals surface area contributed by atoms with Crippen molar-refractivity contribution in [3.63, 3.8) is 0 Å². The van der Waals surface area contributed by atoms with Crippen molar-refractivity contribution in [3.05, 3.63) is 34.9 Å². The van der Waals surface area contributed by atoms with E-state index in [0.29, 0.717) is 13.0 Å². The lowest BCUT2D eigenvalue weighted by atomic mass is 10.1. The van der Waals surface area contributed by atoms with Crippen LogP contribution in [0.15, 0.2) is 24.3 Å². The number of rotatable bonds is 8. The monoisotopic (exact) mass is 267 g/mol. The molecule has 3 heteroatoms. The van der Waals surface area contributed by atoms with Gasteiger partial charge in [-0.05, 0) is 24.1 Å². The lowest BCUT2D eigenvalue weighted by Crippen LogP contribution is -2.22. The number of unbranched alkanes of at least 4 members (excludes halogenated alkanes) is 4. The standard InChI is InChI=1S/C15H22ClNO/c1-2-3-4-5-6-7-15(18)17-12-13-8-10-14(16)11-9-13/h8-11H,2-7,12H2,1H3,(H,17,18). The van der Waals surface area contributed by atoms with Gasteiger partial charge in [0.05, 0.1) is 0 Å². The third-order valence-electron chi connectivity index (χ3n) is 2.91. The minimum absolute atomic E-state index is 0.140. The van der Waals surface area contributed by atoms with Gasteiger partial charge in [0.15, 0.2) is 0 Å². The van der Waals surface area contributed by atoms with E-state index < -0.39 is 0 Å². The van der Waals surface area contributed by atoms with Crippen molar-refractivity contribution in [1.82, 2.24) is 5.32 Å². The molecule has 1 N–H and O–H groups in total. The number of benzene rings is 1. The minimum atomic E-state index is 0.140. The van der Waals surface area contributed by atoms with Gasteiger partial charge in [-0.15, -0.1) is 0 Å². The summed E-state index contributed by atoms with van der Waals surface area (Å²) in [6.45, 7) is 2.78. The van der Waals surface area contributed by atoms with Crippen molar-refractivity contribution in [2.24, 2.45) is 0 Å². The van der Waals surface area contributed by atoms with E-state index in [9.17, 15) is 4.79 Å². The highest BCUT2D eigenvalue weighted by atomic mass is 35.5.